The lowest BCUT2D eigenvalue weighted by Gasteiger charge is -2.09. The van der Waals surface area contributed by atoms with Crippen LogP contribution in [0.4, 0.5) is 0 Å². The number of halogens is 2. The third kappa shape index (κ3) is 5.01. The van der Waals surface area contributed by atoms with Gasteiger partial charge in [-0.05, 0) is 51.0 Å². The molecule has 10 heteroatoms. The number of ketones is 1. The summed E-state index contributed by atoms with van der Waals surface area (Å²) in [4.78, 5) is 24.2. The first-order chi connectivity index (χ1) is 13.6. The van der Waals surface area contributed by atoms with Crippen LogP contribution < -0.4 is 4.72 Å². The summed E-state index contributed by atoms with van der Waals surface area (Å²) in [6, 6.07) is 6.01. The highest BCUT2D eigenvalue weighted by Crippen LogP contribution is 2.38. The maximum absolute atomic E-state index is 12.4. The summed E-state index contributed by atoms with van der Waals surface area (Å²) in [5.74, 6) is -1.19. The number of benzene rings is 1. The van der Waals surface area contributed by atoms with Crippen molar-refractivity contribution in [1.29, 1.82) is 0 Å². The van der Waals surface area contributed by atoms with Gasteiger partial charge in [0.1, 0.15) is 6.54 Å². The molecule has 3 rings (SSSR count). The molecule has 0 radical (unpaired) electrons. The number of carbonyl (C=O) groups excluding carboxylic acids is 2. The minimum Gasteiger partial charge on any atom is -0.456 e. The summed E-state index contributed by atoms with van der Waals surface area (Å²) in [6.45, 7) is 2.73. The molecule has 1 aliphatic carbocycles. The van der Waals surface area contributed by atoms with Gasteiger partial charge in [0.05, 0.1) is 14.9 Å². The largest absolute Gasteiger partial charge is 0.456 e. The monoisotopic (exact) mass is 458 g/mol. The van der Waals surface area contributed by atoms with Gasteiger partial charge in [-0.2, -0.15) is 4.72 Å². The molecule has 1 fully saturated rings. The number of hydrogen-bond acceptors (Lipinski definition) is 5. The fraction of sp³-hybridized carbons (Fsp3) is 0.368. The highest BCUT2D eigenvalue weighted by Gasteiger charge is 2.28. The van der Waals surface area contributed by atoms with Gasteiger partial charge in [0.2, 0.25) is 15.8 Å². The molecule has 1 aromatic carbocycles. The molecule has 0 unspecified atom stereocenters. The number of sulfonamides is 1. The molecular weight excluding hydrogens is 439 g/mol. The maximum atomic E-state index is 12.4. The lowest BCUT2D eigenvalue weighted by atomic mass is 10.1. The van der Waals surface area contributed by atoms with Gasteiger partial charge < -0.3 is 9.30 Å². The van der Waals surface area contributed by atoms with Crippen LogP contribution in [0.1, 0.15) is 40.6 Å². The molecule has 0 saturated heterocycles. The van der Waals surface area contributed by atoms with Crippen LogP contribution in [0.15, 0.2) is 29.2 Å². The number of esters is 1. The van der Waals surface area contributed by atoms with Crippen LogP contribution in [0.25, 0.3) is 0 Å². The van der Waals surface area contributed by atoms with E-state index in [-0.39, 0.29) is 20.7 Å². The maximum Gasteiger partial charge on any atom is 0.321 e. The van der Waals surface area contributed by atoms with E-state index in [4.69, 9.17) is 27.9 Å². The van der Waals surface area contributed by atoms with E-state index in [0.717, 1.165) is 24.2 Å². The van der Waals surface area contributed by atoms with Crippen LogP contribution in [0.3, 0.4) is 0 Å². The number of aromatic nitrogens is 1. The highest BCUT2D eigenvalue weighted by molar-refractivity contribution is 7.89. The number of rotatable bonds is 8. The molecule has 1 aliphatic rings. The van der Waals surface area contributed by atoms with Crippen molar-refractivity contribution in [2.45, 2.75) is 37.6 Å². The second-order valence-electron chi connectivity index (χ2n) is 6.87. The molecule has 29 heavy (non-hydrogen) atoms. The minimum absolute atomic E-state index is 0.0755. The zero-order chi connectivity index (χ0) is 21.3. The van der Waals surface area contributed by atoms with Crippen molar-refractivity contribution in [2.24, 2.45) is 0 Å². The average molecular weight is 459 g/mol. The predicted molar refractivity (Wildman–Crippen MR) is 109 cm³/mol. The van der Waals surface area contributed by atoms with Crippen molar-refractivity contribution in [3.63, 3.8) is 0 Å². The number of Topliss-reactive ketones (excluding diaryl/α,β-unsaturated/α-hetero) is 1. The van der Waals surface area contributed by atoms with E-state index in [1.807, 2.05) is 13.8 Å². The Bertz CT molecular complexity index is 1070. The summed E-state index contributed by atoms with van der Waals surface area (Å²) in [7, 11) is -3.98. The van der Waals surface area contributed by atoms with E-state index in [1.54, 1.807) is 6.07 Å². The van der Waals surface area contributed by atoms with Crippen molar-refractivity contribution in [3.8, 4) is 0 Å². The first kappa shape index (κ1) is 21.8. The Kier molecular flexibility index (Phi) is 6.38. The summed E-state index contributed by atoms with van der Waals surface area (Å²) in [6.07, 6.45) is 2.19. The van der Waals surface area contributed by atoms with Gasteiger partial charge in [-0.15, -0.1) is 0 Å². The molecule has 0 bridgehead atoms. The third-order valence-corrected chi connectivity index (χ3v) is 6.81. The first-order valence-corrected chi connectivity index (χ1v) is 11.2. The molecule has 7 nitrogen and oxygen atoms in total. The van der Waals surface area contributed by atoms with Crippen LogP contribution in [0.2, 0.25) is 10.0 Å². The van der Waals surface area contributed by atoms with Crippen molar-refractivity contribution < 1.29 is 22.7 Å². The summed E-state index contributed by atoms with van der Waals surface area (Å²) < 4.78 is 33.6. The van der Waals surface area contributed by atoms with Gasteiger partial charge in [0.25, 0.3) is 0 Å². The van der Waals surface area contributed by atoms with Crippen LogP contribution in [-0.2, 0) is 19.6 Å². The summed E-state index contributed by atoms with van der Waals surface area (Å²) in [5.41, 5.74) is 2.36. The standard InChI is InChI=1S/C19H20Cl2N2O5S/c1-11-7-15(12(2)23(11)13-3-4-13)18(24)10-28-19(25)9-22-29(26,27)14-5-6-16(20)17(21)8-14/h5-8,13,22H,3-4,9-10H2,1-2H3. The molecule has 1 aromatic heterocycles. The molecule has 0 spiro atoms. The number of nitrogens with zero attached hydrogens (tertiary/aromatic N) is 1. The molecule has 1 heterocycles. The molecule has 0 amide bonds. The first-order valence-electron chi connectivity index (χ1n) is 8.92. The Labute approximate surface area is 179 Å². The highest BCUT2D eigenvalue weighted by atomic mass is 35.5. The van der Waals surface area contributed by atoms with Gasteiger partial charge in [-0.25, -0.2) is 8.42 Å². The molecular formula is C19H20Cl2N2O5S. The predicted octanol–water partition coefficient (Wildman–Crippen LogP) is 3.45. The Morgan fingerprint density at radius 2 is 1.86 bits per heavy atom. The minimum atomic E-state index is -3.98. The van der Waals surface area contributed by atoms with Crippen LogP contribution in [0.5, 0.6) is 0 Å². The fourth-order valence-corrected chi connectivity index (χ4v) is 4.47. The average Bonchev–Trinajstić information content (AvgIpc) is 3.45. The third-order valence-electron chi connectivity index (χ3n) is 4.67. The summed E-state index contributed by atoms with van der Waals surface area (Å²) in [5, 5.41) is 0.288. The topological polar surface area (TPSA) is 94.5 Å². The molecule has 0 aliphatic heterocycles. The SMILES string of the molecule is Cc1cc(C(=O)COC(=O)CNS(=O)(=O)c2ccc(Cl)c(Cl)c2)c(C)n1C1CC1. The van der Waals surface area contributed by atoms with Crippen molar-refractivity contribution in [1.82, 2.24) is 9.29 Å². The van der Waals surface area contributed by atoms with Crippen LogP contribution in [-0.4, -0.2) is 37.9 Å². The fourth-order valence-electron chi connectivity index (χ4n) is 3.11. The Balaban J connectivity index is 1.55. The zero-order valence-corrected chi connectivity index (χ0v) is 18.2. The number of aryl methyl sites for hydroxylation is 1. The molecule has 0 atom stereocenters. The van der Waals surface area contributed by atoms with E-state index < -0.39 is 29.1 Å². The lowest BCUT2D eigenvalue weighted by molar-refractivity contribution is -0.141. The number of carbonyl (C=O) groups is 2. The van der Waals surface area contributed by atoms with Crippen LogP contribution in [0, 0.1) is 13.8 Å². The zero-order valence-electron chi connectivity index (χ0n) is 15.9. The molecule has 1 N–H and O–H groups in total. The lowest BCUT2D eigenvalue weighted by Crippen LogP contribution is -2.31. The van der Waals surface area contributed by atoms with E-state index in [2.05, 4.69) is 9.29 Å². The smallest absolute Gasteiger partial charge is 0.321 e. The van der Waals surface area contributed by atoms with E-state index in [9.17, 15) is 18.0 Å². The van der Waals surface area contributed by atoms with Gasteiger partial charge in [-0.1, -0.05) is 23.2 Å². The van der Waals surface area contributed by atoms with E-state index >= 15 is 0 Å². The van der Waals surface area contributed by atoms with Crippen molar-refractivity contribution in [3.05, 3.63) is 51.3 Å². The molecule has 2 aromatic rings. The number of hydrogen-bond donors (Lipinski definition) is 1. The van der Waals surface area contributed by atoms with Gasteiger partial charge >= 0.3 is 5.97 Å². The second kappa shape index (κ2) is 8.47. The molecule has 156 valence electrons. The van der Waals surface area contributed by atoms with Crippen LogP contribution >= 0.6 is 23.2 Å². The second-order valence-corrected chi connectivity index (χ2v) is 9.45. The van der Waals surface area contributed by atoms with Crippen molar-refractivity contribution >= 4 is 45.0 Å². The van der Waals surface area contributed by atoms with Gasteiger partial charge in [0, 0.05) is 23.0 Å². The number of ether oxygens (including phenoxy) is 1. The Morgan fingerprint density at radius 3 is 2.48 bits per heavy atom. The van der Waals surface area contributed by atoms with E-state index in [1.165, 1.54) is 18.2 Å². The van der Waals surface area contributed by atoms with E-state index in [0.29, 0.717) is 11.6 Å². The number of nitrogens with one attached hydrogen (secondary N) is 1. The van der Waals surface area contributed by atoms with Gasteiger partial charge in [-0.3, -0.25) is 9.59 Å². The van der Waals surface area contributed by atoms with Gasteiger partial charge in [0.15, 0.2) is 6.61 Å². The van der Waals surface area contributed by atoms with Crippen molar-refractivity contribution in [2.75, 3.05) is 13.2 Å². The quantitative estimate of drug-likeness (QED) is 0.482. The Hall–Kier alpha value is -1.87. The molecule has 1 saturated carbocycles. The normalized spacial score (nSPS) is 14.1. The Morgan fingerprint density at radius 1 is 1.17 bits per heavy atom. The summed E-state index contributed by atoms with van der Waals surface area (Å²) >= 11 is 11.6.